The van der Waals surface area contributed by atoms with E-state index in [1.807, 2.05) is 0 Å². The van der Waals surface area contributed by atoms with Gasteiger partial charge in [-0.05, 0) is 25.0 Å². The van der Waals surface area contributed by atoms with Gasteiger partial charge in [0.05, 0.1) is 0 Å². The number of anilines is 1. The quantitative estimate of drug-likeness (QED) is 0.821. The minimum absolute atomic E-state index is 0.125. The molecule has 7 heteroatoms. The van der Waals surface area contributed by atoms with E-state index in [1.54, 1.807) is 12.1 Å². The minimum Gasteiger partial charge on any atom is -0.366 e. The second kappa shape index (κ2) is 6.72. The molecule has 1 saturated carbocycles. The first-order chi connectivity index (χ1) is 9.91. The molecule has 21 heavy (non-hydrogen) atoms. The molecule has 0 saturated heterocycles. The van der Waals surface area contributed by atoms with Gasteiger partial charge < -0.3 is 11.1 Å². The molecule has 2 atom stereocenters. The summed E-state index contributed by atoms with van der Waals surface area (Å²) in [5.41, 5.74) is 6.17. The highest BCUT2D eigenvalue weighted by atomic mass is 32.2. The van der Waals surface area contributed by atoms with Crippen LogP contribution in [0.1, 0.15) is 32.1 Å². The van der Waals surface area contributed by atoms with Crippen molar-refractivity contribution in [2.45, 2.75) is 49.1 Å². The first kappa shape index (κ1) is 16.2. The van der Waals surface area contributed by atoms with E-state index in [0.29, 0.717) is 5.82 Å². The van der Waals surface area contributed by atoms with E-state index in [9.17, 15) is 8.42 Å². The van der Waals surface area contributed by atoms with E-state index in [-0.39, 0.29) is 17.0 Å². The molecule has 0 spiro atoms. The fourth-order valence-corrected chi connectivity index (χ4v) is 3.38. The molecule has 1 aromatic heterocycles. The zero-order valence-electron chi connectivity index (χ0n) is 12.6. The fourth-order valence-electron chi connectivity index (χ4n) is 2.53. The third-order valence-electron chi connectivity index (χ3n) is 3.92. The monoisotopic (exact) mass is 312 g/mol. The molecule has 1 aliphatic carbocycles. The van der Waals surface area contributed by atoms with E-state index in [0.717, 1.165) is 12.8 Å². The third kappa shape index (κ3) is 3.93. The van der Waals surface area contributed by atoms with Crippen LogP contribution in [0.4, 0.5) is 5.82 Å². The average molecular weight is 312 g/mol. The van der Waals surface area contributed by atoms with Crippen molar-refractivity contribution in [1.82, 2.24) is 9.29 Å². The van der Waals surface area contributed by atoms with Crippen molar-refractivity contribution >= 4 is 15.8 Å². The Labute approximate surface area is 126 Å². The molecule has 118 valence electrons. The molecule has 1 fully saturated rings. The highest BCUT2D eigenvalue weighted by molar-refractivity contribution is 7.89. The smallest absolute Gasteiger partial charge is 0.244 e. The lowest BCUT2D eigenvalue weighted by Gasteiger charge is -2.23. The molecular formula is C14H24N4O2S. The standard InChI is InChI=1S/C14H24N4O2S/c1-18(2)21(19,20)11-8-9-14(16-10-11)17-13-7-5-3-4-6-12(13)15/h8-10,12-13H,3-7,15H2,1-2H3,(H,16,17). The summed E-state index contributed by atoms with van der Waals surface area (Å²) < 4.78 is 25.1. The van der Waals surface area contributed by atoms with Crippen LogP contribution in [-0.4, -0.2) is 43.9 Å². The van der Waals surface area contributed by atoms with Gasteiger partial charge in [0.2, 0.25) is 10.0 Å². The van der Waals surface area contributed by atoms with Crippen molar-refractivity contribution in [1.29, 1.82) is 0 Å². The van der Waals surface area contributed by atoms with Crippen LogP contribution < -0.4 is 11.1 Å². The molecule has 1 aromatic rings. The summed E-state index contributed by atoms with van der Waals surface area (Å²) in [6.07, 6.45) is 7.00. The molecule has 0 aliphatic heterocycles. The predicted molar refractivity (Wildman–Crippen MR) is 83.6 cm³/mol. The Hall–Kier alpha value is -1.18. The van der Waals surface area contributed by atoms with Gasteiger partial charge >= 0.3 is 0 Å². The van der Waals surface area contributed by atoms with E-state index >= 15 is 0 Å². The highest BCUT2D eigenvalue weighted by Gasteiger charge is 2.21. The summed E-state index contributed by atoms with van der Waals surface area (Å²) >= 11 is 0. The molecule has 0 amide bonds. The van der Waals surface area contributed by atoms with Gasteiger partial charge in [0.25, 0.3) is 0 Å². The second-order valence-corrected chi connectivity index (χ2v) is 7.87. The Kier molecular flexibility index (Phi) is 5.18. The molecule has 1 heterocycles. The third-order valence-corrected chi connectivity index (χ3v) is 5.72. The minimum atomic E-state index is -3.42. The molecule has 0 aromatic carbocycles. The van der Waals surface area contributed by atoms with Crippen molar-refractivity contribution in [2.24, 2.45) is 5.73 Å². The zero-order valence-corrected chi connectivity index (χ0v) is 13.4. The summed E-state index contributed by atoms with van der Waals surface area (Å²) in [5.74, 6) is 0.676. The molecular weight excluding hydrogens is 288 g/mol. The SMILES string of the molecule is CN(C)S(=O)(=O)c1ccc(NC2CCCCCC2N)nc1. The lowest BCUT2D eigenvalue weighted by Crippen LogP contribution is -2.39. The number of aromatic nitrogens is 1. The van der Waals surface area contributed by atoms with Gasteiger partial charge in [-0.3, -0.25) is 0 Å². The Bertz CT molecular complexity index is 557. The van der Waals surface area contributed by atoms with Crippen molar-refractivity contribution in [3.05, 3.63) is 18.3 Å². The van der Waals surface area contributed by atoms with Crippen LogP contribution in [0.3, 0.4) is 0 Å². The largest absolute Gasteiger partial charge is 0.366 e. The number of hydrogen-bond acceptors (Lipinski definition) is 5. The Balaban J connectivity index is 2.09. The summed E-state index contributed by atoms with van der Waals surface area (Å²) in [4.78, 5) is 4.41. The number of hydrogen-bond donors (Lipinski definition) is 2. The lowest BCUT2D eigenvalue weighted by atomic mass is 10.0. The van der Waals surface area contributed by atoms with Crippen LogP contribution in [0.25, 0.3) is 0 Å². The Morgan fingerprint density at radius 1 is 1.24 bits per heavy atom. The number of nitrogens with one attached hydrogen (secondary N) is 1. The van der Waals surface area contributed by atoms with E-state index < -0.39 is 10.0 Å². The van der Waals surface area contributed by atoms with Crippen LogP contribution in [-0.2, 0) is 10.0 Å². The molecule has 2 unspecified atom stereocenters. The van der Waals surface area contributed by atoms with Crippen LogP contribution in [0.15, 0.2) is 23.2 Å². The number of nitrogens with two attached hydrogens (primary N) is 1. The van der Waals surface area contributed by atoms with Crippen molar-refractivity contribution < 1.29 is 8.42 Å². The summed E-state index contributed by atoms with van der Waals surface area (Å²) in [6, 6.07) is 3.61. The normalized spacial score (nSPS) is 23.8. The molecule has 6 nitrogen and oxygen atoms in total. The number of nitrogens with zero attached hydrogens (tertiary/aromatic N) is 2. The van der Waals surface area contributed by atoms with Gasteiger partial charge in [-0.2, -0.15) is 0 Å². The van der Waals surface area contributed by atoms with Gasteiger partial charge in [0.1, 0.15) is 10.7 Å². The number of pyridine rings is 1. The van der Waals surface area contributed by atoms with Crippen LogP contribution in [0, 0.1) is 0 Å². The topological polar surface area (TPSA) is 88.3 Å². The van der Waals surface area contributed by atoms with Crippen LogP contribution in [0.2, 0.25) is 0 Å². The maximum absolute atomic E-state index is 12.0. The predicted octanol–water partition coefficient (Wildman–Crippen LogP) is 1.40. The summed E-state index contributed by atoms with van der Waals surface area (Å²) in [7, 11) is -0.413. The van der Waals surface area contributed by atoms with E-state index in [1.165, 1.54) is 43.9 Å². The number of sulfonamides is 1. The van der Waals surface area contributed by atoms with Gasteiger partial charge in [-0.15, -0.1) is 0 Å². The summed E-state index contributed by atoms with van der Waals surface area (Å²) in [6.45, 7) is 0. The zero-order chi connectivity index (χ0) is 15.5. The average Bonchev–Trinajstić information content (AvgIpc) is 2.65. The van der Waals surface area contributed by atoms with Gasteiger partial charge in [0, 0.05) is 32.4 Å². The van der Waals surface area contributed by atoms with Gasteiger partial charge in [-0.25, -0.2) is 17.7 Å². The lowest BCUT2D eigenvalue weighted by molar-refractivity contribution is 0.519. The maximum Gasteiger partial charge on any atom is 0.244 e. The molecule has 3 N–H and O–H groups in total. The first-order valence-electron chi connectivity index (χ1n) is 7.32. The molecule has 2 rings (SSSR count). The highest BCUT2D eigenvalue weighted by Crippen LogP contribution is 2.20. The van der Waals surface area contributed by atoms with Gasteiger partial charge in [-0.1, -0.05) is 19.3 Å². The van der Waals surface area contributed by atoms with Crippen molar-refractivity contribution in [3.63, 3.8) is 0 Å². The van der Waals surface area contributed by atoms with E-state index in [4.69, 9.17) is 5.73 Å². The second-order valence-electron chi connectivity index (χ2n) is 5.72. The maximum atomic E-state index is 12.0. The molecule has 0 radical (unpaired) electrons. The van der Waals surface area contributed by atoms with Crippen LogP contribution >= 0.6 is 0 Å². The number of rotatable bonds is 4. The fraction of sp³-hybridized carbons (Fsp3) is 0.643. The van der Waals surface area contributed by atoms with Crippen LogP contribution in [0.5, 0.6) is 0 Å². The molecule has 0 bridgehead atoms. The van der Waals surface area contributed by atoms with Crippen molar-refractivity contribution in [2.75, 3.05) is 19.4 Å². The summed E-state index contributed by atoms with van der Waals surface area (Å²) in [5, 5.41) is 3.33. The Morgan fingerprint density at radius 2 is 1.95 bits per heavy atom. The van der Waals surface area contributed by atoms with Crippen molar-refractivity contribution in [3.8, 4) is 0 Å². The molecule has 1 aliphatic rings. The van der Waals surface area contributed by atoms with Gasteiger partial charge in [0.15, 0.2) is 0 Å². The Morgan fingerprint density at radius 3 is 2.57 bits per heavy atom. The first-order valence-corrected chi connectivity index (χ1v) is 8.76. The van der Waals surface area contributed by atoms with E-state index in [2.05, 4.69) is 10.3 Å².